The largest absolute Gasteiger partial charge is 4.00 e. The van der Waals surface area contributed by atoms with Crippen LogP contribution in [0.2, 0.25) is 0 Å². The molecule has 0 amide bonds. The predicted octanol–water partition coefficient (Wildman–Crippen LogP) is 0.0431. The van der Waals surface area contributed by atoms with Crippen molar-refractivity contribution in [1.29, 1.82) is 0 Å². The summed E-state index contributed by atoms with van der Waals surface area (Å²) in [6.45, 7) is 9.10. The smallest absolute Gasteiger partial charge is 1.00 e. The third-order valence-corrected chi connectivity index (χ3v) is 5.38. The van der Waals surface area contributed by atoms with Crippen LogP contribution in [-0.4, -0.2) is 13.3 Å². The Bertz CT molecular complexity index is 626. The summed E-state index contributed by atoms with van der Waals surface area (Å²) in [6.07, 6.45) is 11.3. The second-order valence-electron chi connectivity index (χ2n) is 6.17. The van der Waals surface area contributed by atoms with E-state index in [0.29, 0.717) is 0 Å². The molecule has 1 aliphatic rings. The van der Waals surface area contributed by atoms with Gasteiger partial charge in [-0.1, -0.05) is 32.3 Å². The molecule has 0 aliphatic heterocycles. The molecule has 25 heavy (non-hydrogen) atoms. The summed E-state index contributed by atoms with van der Waals surface area (Å²) in [7, 11) is 0.0576. The number of rotatable bonds is 4. The molecule has 3 rings (SSSR count). The average molecular weight is 396 g/mol. The predicted molar refractivity (Wildman–Crippen MR) is 103 cm³/mol. The van der Waals surface area contributed by atoms with Crippen LogP contribution in [0.5, 0.6) is 0 Å². The van der Waals surface area contributed by atoms with Crippen molar-refractivity contribution < 1.29 is 31.1 Å². The van der Waals surface area contributed by atoms with Crippen LogP contribution in [0.3, 0.4) is 0 Å². The zero-order chi connectivity index (χ0) is 15.9. The summed E-state index contributed by atoms with van der Waals surface area (Å²) in [5.74, 6) is 0.726. The first-order chi connectivity index (χ1) is 10.6. The minimum Gasteiger partial charge on any atom is -1.00 e. The van der Waals surface area contributed by atoms with Crippen LogP contribution in [0.4, 0.5) is 0 Å². The van der Waals surface area contributed by atoms with E-state index in [1.54, 1.807) is 0 Å². The number of allylic oxidation sites excluding steroid dienone is 4. The molecule has 0 fully saturated rings. The molecular weight excluding hydrogens is 369 g/mol. The van der Waals surface area contributed by atoms with Crippen molar-refractivity contribution >= 4 is 24.0 Å². The van der Waals surface area contributed by atoms with Crippen LogP contribution in [0, 0.1) is 12.0 Å². The Hall–Kier alpha value is -0.686. The molecule has 1 atom stereocenters. The van der Waals surface area contributed by atoms with Crippen molar-refractivity contribution in [2.45, 2.75) is 33.1 Å². The van der Waals surface area contributed by atoms with Gasteiger partial charge in [-0.25, -0.2) is 11.6 Å². The fourth-order valence-electron chi connectivity index (χ4n) is 2.74. The molecule has 0 spiro atoms. The van der Waals surface area contributed by atoms with Gasteiger partial charge >= 0.3 is 21.7 Å². The number of benzene rings is 1. The molecule has 0 saturated heterocycles. The second-order valence-corrected chi connectivity index (χ2v) is 8.47. The fourth-order valence-corrected chi connectivity index (χ4v) is 3.54. The van der Waals surface area contributed by atoms with E-state index in [0.717, 1.165) is 12.3 Å². The van der Waals surface area contributed by atoms with E-state index in [4.69, 9.17) is 0 Å². The van der Waals surface area contributed by atoms with Crippen molar-refractivity contribution in [2.24, 2.45) is 5.92 Å². The van der Waals surface area contributed by atoms with Crippen molar-refractivity contribution in [3.63, 3.8) is 0 Å². The Morgan fingerprint density at radius 1 is 1.20 bits per heavy atom. The van der Waals surface area contributed by atoms with Crippen molar-refractivity contribution in [1.82, 2.24) is 0 Å². The molecule has 2 aromatic carbocycles. The van der Waals surface area contributed by atoms with Crippen LogP contribution >= 0.6 is 7.92 Å². The number of fused-ring (bicyclic) bond motifs is 1. The second kappa shape index (κ2) is 13.5. The minimum atomic E-state index is 0. The monoisotopic (exact) mass is 396 g/mol. The fraction of sp³-hybridized carbons (Fsp3) is 0.381. The Balaban J connectivity index is 0. The van der Waals surface area contributed by atoms with Crippen LogP contribution in [-0.2, 0) is 21.7 Å². The van der Waals surface area contributed by atoms with E-state index in [9.17, 15) is 0 Å². The Kier molecular flexibility index (Phi) is 14.3. The van der Waals surface area contributed by atoms with Gasteiger partial charge in [-0.05, 0) is 19.8 Å². The third kappa shape index (κ3) is 8.03. The van der Waals surface area contributed by atoms with Gasteiger partial charge in [-0.3, -0.25) is 6.08 Å². The van der Waals surface area contributed by atoms with Gasteiger partial charge in [0, 0.05) is 0 Å². The normalized spacial score (nSPS) is 13.1. The van der Waals surface area contributed by atoms with E-state index in [1.807, 2.05) is 0 Å². The summed E-state index contributed by atoms with van der Waals surface area (Å²) in [4.78, 5) is 0. The maximum atomic E-state index is 3.35. The zero-order valence-electron chi connectivity index (χ0n) is 15.5. The Morgan fingerprint density at radius 3 is 2.40 bits per heavy atom. The van der Waals surface area contributed by atoms with E-state index in [2.05, 4.69) is 81.8 Å². The van der Waals surface area contributed by atoms with Crippen LogP contribution in [0.25, 0.3) is 10.8 Å². The minimum absolute atomic E-state index is 0. The first kappa shape index (κ1) is 26.5. The summed E-state index contributed by atoms with van der Waals surface area (Å²) in [5, 5.41) is 4.26. The summed E-state index contributed by atoms with van der Waals surface area (Å²) in [6, 6.07) is 13.2. The SMILES string of the molecule is CCCC(C)C1=[C-]CC=C1.CP(C)c1cc2ccccc2[cH-]1.[F-].[F-].[Ti+4]. The van der Waals surface area contributed by atoms with Gasteiger partial charge in [0.05, 0.1) is 0 Å². The zero-order valence-corrected chi connectivity index (χ0v) is 18.0. The molecule has 2 aromatic rings. The van der Waals surface area contributed by atoms with Gasteiger partial charge < -0.3 is 9.41 Å². The third-order valence-electron chi connectivity index (χ3n) is 4.09. The van der Waals surface area contributed by atoms with Crippen LogP contribution in [0.1, 0.15) is 33.1 Å². The van der Waals surface area contributed by atoms with Gasteiger partial charge in [0.2, 0.25) is 0 Å². The van der Waals surface area contributed by atoms with E-state index in [-0.39, 0.29) is 39.0 Å². The van der Waals surface area contributed by atoms with Crippen molar-refractivity contribution in [3.8, 4) is 0 Å². The molecule has 0 N–H and O–H groups in total. The molecule has 0 heterocycles. The van der Waals surface area contributed by atoms with Crippen molar-refractivity contribution in [3.05, 3.63) is 60.2 Å². The maximum absolute atomic E-state index is 3.35. The number of halogens is 2. The number of hydrogen-bond acceptors (Lipinski definition) is 0. The van der Waals surface area contributed by atoms with Crippen LogP contribution in [0.15, 0.2) is 54.1 Å². The molecule has 0 radical (unpaired) electrons. The molecule has 1 aliphatic carbocycles. The summed E-state index contributed by atoms with van der Waals surface area (Å²) in [5.41, 5.74) is 1.42. The summed E-state index contributed by atoms with van der Waals surface area (Å²) >= 11 is 0. The van der Waals surface area contributed by atoms with Gasteiger partial charge in [-0.2, -0.15) is 12.1 Å². The van der Waals surface area contributed by atoms with Crippen LogP contribution < -0.4 is 14.7 Å². The quantitative estimate of drug-likeness (QED) is 0.389. The molecule has 0 nitrogen and oxygen atoms in total. The van der Waals surface area contributed by atoms with E-state index >= 15 is 0 Å². The van der Waals surface area contributed by atoms with E-state index in [1.165, 1.54) is 34.5 Å². The molecular formula is C21H27F2PTi. The van der Waals surface area contributed by atoms with E-state index < -0.39 is 0 Å². The Labute approximate surface area is 167 Å². The molecule has 1 unspecified atom stereocenters. The molecule has 0 bridgehead atoms. The maximum Gasteiger partial charge on any atom is 4.00 e. The number of hydrogen-bond donors (Lipinski definition) is 0. The van der Waals surface area contributed by atoms with Gasteiger partial charge in [-0.15, -0.1) is 54.7 Å². The molecule has 0 saturated carbocycles. The first-order valence-electron chi connectivity index (χ1n) is 8.22. The topological polar surface area (TPSA) is 0 Å². The van der Waals surface area contributed by atoms with Crippen molar-refractivity contribution in [2.75, 3.05) is 13.3 Å². The van der Waals surface area contributed by atoms with Gasteiger partial charge in [0.1, 0.15) is 0 Å². The van der Waals surface area contributed by atoms with Gasteiger partial charge in [0.25, 0.3) is 0 Å². The average Bonchev–Trinajstić information content (AvgIpc) is 3.17. The molecule has 4 heteroatoms. The molecule has 0 aromatic heterocycles. The Morgan fingerprint density at radius 2 is 1.88 bits per heavy atom. The molecule has 134 valence electrons. The first-order valence-corrected chi connectivity index (χ1v) is 10.5. The standard InChI is InChI=1S/C11H12P.C10H15.2FH.Ti/c1-12(2)11-7-9-5-3-4-6-10(9)8-11;1-3-6-9(2)10-7-4-5-8-10;;;/h3-8H,1-2H3;4,7,9H,3,5-6H2,1-2H3;2*1H;/q2*-1;;;+4/p-2. The van der Waals surface area contributed by atoms with Gasteiger partial charge in [0.15, 0.2) is 0 Å². The summed E-state index contributed by atoms with van der Waals surface area (Å²) < 4.78 is 0.